The van der Waals surface area contributed by atoms with Gasteiger partial charge in [0.15, 0.2) is 0 Å². The molecular weight excluding hydrogens is 238 g/mol. The predicted octanol–water partition coefficient (Wildman–Crippen LogP) is 2.30. The van der Waals surface area contributed by atoms with Gasteiger partial charge in [-0.15, -0.1) is 0 Å². The summed E-state index contributed by atoms with van der Waals surface area (Å²) in [5.74, 6) is -2.82. The van der Waals surface area contributed by atoms with Gasteiger partial charge >= 0.3 is 0 Å². The lowest BCUT2D eigenvalue weighted by Gasteiger charge is -2.36. The van der Waals surface area contributed by atoms with Gasteiger partial charge in [-0.25, -0.2) is 8.78 Å². The molecule has 0 radical (unpaired) electrons. The van der Waals surface area contributed by atoms with Crippen LogP contribution < -0.4 is 11.1 Å². The van der Waals surface area contributed by atoms with E-state index in [1.807, 2.05) is 20.8 Å². The van der Waals surface area contributed by atoms with Crippen molar-refractivity contribution in [1.82, 2.24) is 5.32 Å². The fraction of sp³-hybridized carbons (Fsp3) is 0.923. The van der Waals surface area contributed by atoms with E-state index in [0.29, 0.717) is 6.54 Å². The summed E-state index contributed by atoms with van der Waals surface area (Å²) in [6, 6.07) is 0. The number of carbonyl (C=O) groups excluding carboxylic acids is 1. The Bertz CT molecular complexity index is 297. The van der Waals surface area contributed by atoms with E-state index in [-0.39, 0.29) is 43.4 Å². The molecule has 1 unspecified atom stereocenters. The van der Waals surface area contributed by atoms with Gasteiger partial charge in [0.25, 0.3) is 0 Å². The van der Waals surface area contributed by atoms with Crippen LogP contribution in [0.25, 0.3) is 0 Å². The molecule has 1 rings (SSSR count). The number of halogens is 2. The van der Waals surface area contributed by atoms with E-state index in [1.165, 1.54) is 0 Å². The third-order valence-electron chi connectivity index (χ3n) is 4.19. The molecule has 5 heteroatoms. The molecule has 1 aliphatic rings. The molecule has 1 amide bonds. The maximum Gasteiger partial charge on any atom is 0.248 e. The molecule has 1 aliphatic carbocycles. The summed E-state index contributed by atoms with van der Waals surface area (Å²) in [6.07, 6.45) is 0.146. The molecule has 0 bridgehead atoms. The zero-order valence-electron chi connectivity index (χ0n) is 11.4. The van der Waals surface area contributed by atoms with Crippen LogP contribution in [-0.4, -0.2) is 23.9 Å². The van der Waals surface area contributed by atoms with Crippen LogP contribution in [-0.2, 0) is 4.79 Å². The lowest BCUT2D eigenvalue weighted by Crippen LogP contribution is -2.56. The molecule has 1 saturated carbocycles. The number of alkyl halides is 2. The topological polar surface area (TPSA) is 55.1 Å². The summed E-state index contributed by atoms with van der Waals surface area (Å²) in [5.41, 5.74) is 5.23. The first kappa shape index (κ1) is 15.3. The SMILES string of the molecule is CC(C)C(C)(CN)NC(=O)C1CCC(F)(F)CC1. The van der Waals surface area contributed by atoms with Crippen molar-refractivity contribution < 1.29 is 13.6 Å². The van der Waals surface area contributed by atoms with Gasteiger partial charge in [-0.1, -0.05) is 13.8 Å². The van der Waals surface area contributed by atoms with Gasteiger partial charge in [-0.05, 0) is 25.7 Å². The van der Waals surface area contributed by atoms with Crippen LogP contribution in [0.15, 0.2) is 0 Å². The summed E-state index contributed by atoms with van der Waals surface area (Å²) in [7, 11) is 0. The van der Waals surface area contributed by atoms with Crippen molar-refractivity contribution in [2.75, 3.05) is 6.54 Å². The quantitative estimate of drug-likeness (QED) is 0.816. The van der Waals surface area contributed by atoms with Crippen LogP contribution >= 0.6 is 0 Å². The Labute approximate surface area is 107 Å². The summed E-state index contributed by atoms with van der Waals surface area (Å²) >= 11 is 0. The molecule has 0 saturated heterocycles. The Kier molecular flexibility index (Phi) is 4.70. The van der Waals surface area contributed by atoms with E-state index in [4.69, 9.17) is 5.73 Å². The zero-order valence-corrected chi connectivity index (χ0v) is 11.4. The van der Waals surface area contributed by atoms with E-state index in [0.717, 1.165) is 0 Å². The number of nitrogens with two attached hydrogens (primary N) is 1. The second kappa shape index (κ2) is 5.51. The third-order valence-corrected chi connectivity index (χ3v) is 4.19. The van der Waals surface area contributed by atoms with Gasteiger partial charge in [-0.3, -0.25) is 4.79 Å². The van der Waals surface area contributed by atoms with Crippen LogP contribution in [0.2, 0.25) is 0 Å². The van der Waals surface area contributed by atoms with Crippen LogP contribution in [0.3, 0.4) is 0 Å². The second-order valence-electron chi connectivity index (χ2n) is 5.90. The van der Waals surface area contributed by atoms with E-state index < -0.39 is 11.5 Å². The Hall–Kier alpha value is -0.710. The minimum atomic E-state index is -2.59. The van der Waals surface area contributed by atoms with Crippen molar-refractivity contribution in [3.05, 3.63) is 0 Å². The number of hydrogen-bond acceptors (Lipinski definition) is 2. The monoisotopic (exact) mass is 262 g/mol. The maximum absolute atomic E-state index is 13.0. The third kappa shape index (κ3) is 3.64. The first-order chi connectivity index (χ1) is 8.20. The minimum Gasteiger partial charge on any atom is -0.349 e. The lowest BCUT2D eigenvalue weighted by molar-refractivity contribution is -0.131. The van der Waals surface area contributed by atoms with E-state index in [9.17, 15) is 13.6 Å². The molecule has 0 aromatic carbocycles. The summed E-state index contributed by atoms with van der Waals surface area (Å²) in [6.45, 7) is 6.22. The highest BCUT2D eigenvalue weighted by atomic mass is 19.3. The molecule has 3 nitrogen and oxygen atoms in total. The molecule has 3 N–H and O–H groups in total. The average Bonchev–Trinajstić information content (AvgIpc) is 2.28. The number of hydrogen-bond donors (Lipinski definition) is 2. The largest absolute Gasteiger partial charge is 0.349 e. The zero-order chi connectivity index (χ0) is 14.0. The van der Waals surface area contributed by atoms with Gasteiger partial charge in [-0.2, -0.15) is 0 Å². The van der Waals surface area contributed by atoms with Gasteiger partial charge in [0.1, 0.15) is 0 Å². The minimum absolute atomic E-state index is 0.132. The summed E-state index contributed by atoms with van der Waals surface area (Å²) < 4.78 is 26.0. The molecule has 106 valence electrons. The molecular formula is C13H24F2N2O. The van der Waals surface area contributed by atoms with Crippen LogP contribution in [0.4, 0.5) is 8.78 Å². The Morgan fingerprint density at radius 2 is 1.94 bits per heavy atom. The van der Waals surface area contributed by atoms with Crippen molar-refractivity contribution in [2.45, 2.75) is 57.9 Å². The van der Waals surface area contributed by atoms with Gasteiger partial charge in [0.2, 0.25) is 11.8 Å². The predicted molar refractivity (Wildman–Crippen MR) is 67.3 cm³/mol. The molecule has 1 fully saturated rings. The second-order valence-corrected chi connectivity index (χ2v) is 5.90. The fourth-order valence-electron chi connectivity index (χ4n) is 2.12. The molecule has 0 aromatic rings. The van der Waals surface area contributed by atoms with E-state index in [2.05, 4.69) is 5.32 Å². The molecule has 0 aliphatic heterocycles. The molecule has 0 aromatic heterocycles. The number of amides is 1. The Balaban J connectivity index is 2.56. The Morgan fingerprint density at radius 1 is 1.44 bits per heavy atom. The van der Waals surface area contributed by atoms with Gasteiger partial charge < -0.3 is 11.1 Å². The Morgan fingerprint density at radius 3 is 2.33 bits per heavy atom. The van der Waals surface area contributed by atoms with Crippen LogP contribution in [0, 0.1) is 11.8 Å². The normalized spacial score (nSPS) is 23.7. The summed E-state index contributed by atoms with van der Waals surface area (Å²) in [5, 5.41) is 2.93. The lowest BCUT2D eigenvalue weighted by atomic mass is 9.83. The first-order valence-corrected chi connectivity index (χ1v) is 6.60. The maximum atomic E-state index is 13.0. The molecule has 0 spiro atoms. The smallest absolute Gasteiger partial charge is 0.248 e. The van der Waals surface area contributed by atoms with E-state index in [1.54, 1.807) is 0 Å². The molecule has 18 heavy (non-hydrogen) atoms. The standard InChI is InChI=1S/C13H24F2N2O/c1-9(2)12(3,8-16)17-11(18)10-4-6-13(14,15)7-5-10/h9-10H,4-8,16H2,1-3H3,(H,17,18). The number of carbonyl (C=O) groups is 1. The first-order valence-electron chi connectivity index (χ1n) is 6.60. The van der Waals surface area contributed by atoms with Crippen molar-refractivity contribution in [3.63, 3.8) is 0 Å². The highest BCUT2D eigenvalue weighted by molar-refractivity contribution is 5.79. The fourth-order valence-corrected chi connectivity index (χ4v) is 2.12. The molecule has 0 heterocycles. The summed E-state index contributed by atoms with van der Waals surface area (Å²) in [4.78, 5) is 12.1. The van der Waals surface area contributed by atoms with Gasteiger partial charge in [0.05, 0.1) is 5.54 Å². The highest BCUT2D eigenvalue weighted by Crippen LogP contribution is 2.36. The van der Waals surface area contributed by atoms with Crippen LogP contribution in [0.5, 0.6) is 0 Å². The average molecular weight is 262 g/mol. The van der Waals surface area contributed by atoms with E-state index >= 15 is 0 Å². The van der Waals surface area contributed by atoms with Gasteiger partial charge in [0, 0.05) is 25.3 Å². The van der Waals surface area contributed by atoms with Crippen molar-refractivity contribution in [1.29, 1.82) is 0 Å². The van der Waals surface area contributed by atoms with Crippen molar-refractivity contribution >= 4 is 5.91 Å². The number of nitrogens with one attached hydrogen (secondary N) is 1. The van der Waals surface area contributed by atoms with Crippen LogP contribution in [0.1, 0.15) is 46.5 Å². The number of rotatable bonds is 4. The highest BCUT2D eigenvalue weighted by Gasteiger charge is 2.39. The van der Waals surface area contributed by atoms with Crippen molar-refractivity contribution in [2.24, 2.45) is 17.6 Å². The van der Waals surface area contributed by atoms with Crippen molar-refractivity contribution in [3.8, 4) is 0 Å². The molecule has 1 atom stereocenters.